The molecule has 0 bridgehead atoms. The minimum absolute atomic E-state index is 0.295. The van der Waals surface area contributed by atoms with Crippen LogP contribution in [0.4, 0.5) is 4.39 Å². The van der Waals surface area contributed by atoms with Gasteiger partial charge in [0.25, 0.3) is 0 Å². The molecule has 2 aromatic rings. The van der Waals surface area contributed by atoms with E-state index >= 15 is 0 Å². The number of hydrogen-bond donors (Lipinski definition) is 0. The van der Waals surface area contributed by atoms with Crippen molar-refractivity contribution >= 4 is 33.2 Å². The standard InChI is InChI=1S/C12H9BrFNO2S/c1-2-17-12(16)11-15-10(6-18-11)8-4-3-7(14)5-9(8)13/h3-6H,2H2,1H3. The summed E-state index contributed by atoms with van der Waals surface area (Å²) in [5.74, 6) is -0.765. The van der Waals surface area contributed by atoms with Gasteiger partial charge >= 0.3 is 5.97 Å². The summed E-state index contributed by atoms with van der Waals surface area (Å²) in [6, 6.07) is 4.32. The molecule has 94 valence electrons. The third-order valence-electron chi connectivity index (χ3n) is 2.16. The van der Waals surface area contributed by atoms with Crippen LogP contribution in [0.1, 0.15) is 16.7 Å². The molecule has 0 aliphatic carbocycles. The molecule has 0 aliphatic heterocycles. The van der Waals surface area contributed by atoms with Crippen LogP contribution >= 0.6 is 27.3 Å². The Kier molecular flexibility index (Phi) is 4.08. The van der Waals surface area contributed by atoms with Gasteiger partial charge in [0.05, 0.1) is 12.3 Å². The van der Waals surface area contributed by atoms with Crippen LogP contribution in [0, 0.1) is 5.82 Å². The number of aromatic nitrogens is 1. The lowest BCUT2D eigenvalue weighted by Gasteiger charge is -2.00. The first-order valence-corrected chi connectivity index (χ1v) is 6.87. The SMILES string of the molecule is CCOC(=O)c1nc(-c2ccc(F)cc2Br)cs1. The zero-order valence-corrected chi connectivity index (χ0v) is 11.8. The topological polar surface area (TPSA) is 39.2 Å². The quantitative estimate of drug-likeness (QED) is 0.802. The van der Waals surface area contributed by atoms with Crippen molar-refractivity contribution in [2.45, 2.75) is 6.92 Å². The Labute approximate surface area is 116 Å². The van der Waals surface area contributed by atoms with E-state index in [2.05, 4.69) is 20.9 Å². The average molecular weight is 330 g/mol. The molecule has 0 spiro atoms. The molecule has 0 unspecified atom stereocenters. The fraction of sp³-hybridized carbons (Fsp3) is 0.167. The van der Waals surface area contributed by atoms with Gasteiger partial charge in [-0.25, -0.2) is 14.2 Å². The Morgan fingerprint density at radius 2 is 2.33 bits per heavy atom. The number of halogens is 2. The summed E-state index contributed by atoms with van der Waals surface area (Å²) in [5, 5.41) is 2.03. The normalized spacial score (nSPS) is 10.4. The molecule has 0 aliphatic rings. The highest BCUT2D eigenvalue weighted by atomic mass is 79.9. The molecule has 18 heavy (non-hydrogen) atoms. The van der Waals surface area contributed by atoms with E-state index in [1.54, 1.807) is 18.4 Å². The summed E-state index contributed by atoms with van der Waals surface area (Å²) in [6.07, 6.45) is 0. The zero-order valence-electron chi connectivity index (χ0n) is 9.44. The Morgan fingerprint density at radius 3 is 3.00 bits per heavy atom. The van der Waals surface area contributed by atoms with Crippen molar-refractivity contribution in [1.82, 2.24) is 4.98 Å². The molecule has 1 aromatic heterocycles. The van der Waals surface area contributed by atoms with Crippen LogP contribution in [0.2, 0.25) is 0 Å². The summed E-state index contributed by atoms with van der Waals surface area (Å²) in [4.78, 5) is 15.7. The number of thiazole rings is 1. The van der Waals surface area contributed by atoms with Crippen LogP contribution in [-0.4, -0.2) is 17.6 Å². The second-order valence-electron chi connectivity index (χ2n) is 3.38. The first-order chi connectivity index (χ1) is 8.61. The van der Waals surface area contributed by atoms with Gasteiger partial charge in [-0.3, -0.25) is 0 Å². The van der Waals surface area contributed by atoms with Crippen LogP contribution in [0.25, 0.3) is 11.3 Å². The molecule has 0 atom stereocenters. The maximum atomic E-state index is 13.0. The van der Waals surface area contributed by atoms with Crippen molar-refractivity contribution in [3.05, 3.63) is 38.9 Å². The van der Waals surface area contributed by atoms with Crippen LogP contribution < -0.4 is 0 Å². The minimum atomic E-state index is -0.438. The molecule has 0 amide bonds. The average Bonchev–Trinajstić information content (AvgIpc) is 2.78. The van der Waals surface area contributed by atoms with Crippen molar-refractivity contribution in [3.8, 4) is 11.3 Å². The predicted molar refractivity (Wildman–Crippen MR) is 71.2 cm³/mol. The molecular formula is C12H9BrFNO2S. The van der Waals surface area contributed by atoms with E-state index in [4.69, 9.17) is 4.74 Å². The Balaban J connectivity index is 2.32. The predicted octanol–water partition coefficient (Wildman–Crippen LogP) is 3.89. The second kappa shape index (κ2) is 5.58. The second-order valence-corrected chi connectivity index (χ2v) is 5.09. The van der Waals surface area contributed by atoms with Gasteiger partial charge in [0.1, 0.15) is 5.82 Å². The third kappa shape index (κ3) is 2.76. The smallest absolute Gasteiger partial charge is 0.367 e. The summed E-state index contributed by atoms with van der Waals surface area (Å²) in [7, 11) is 0. The van der Waals surface area contributed by atoms with Crippen molar-refractivity contribution < 1.29 is 13.9 Å². The van der Waals surface area contributed by atoms with E-state index < -0.39 is 5.97 Å². The molecule has 0 radical (unpaired) electrons. The van der Waals surface area contributed by atoms with Gasteiger partial charge in [0, 0.05) is 15.4 Å². The van der Waals surface area contributed by atoms with Crippen LogP contribution in [0.5, 0.6) is 0 Å². The molecule has 3 nitrogen and oxygen atoms in total. The Bertz CT molecular complexity index is 585. The molecule has 6 heteroatoms. The number of rotatable bonds is 3. The van der Waals surface area contributed by atoms with Gasteiger partial charge in [-0.05, 0) is 41.1 Å². The molecule has 2 rings (SSSR count). The van der Waals surface area contributed by atoms with E-state index in [1.807, 2.05) is 0 Å². The molecule has 0 saturated heterocycles. The van der Waals surface area contributed by atoms with Crippen molar-refractivity contribution in [2.24, 2.45) is 0 Å². The minimum Gasteiger partial charge on any atom is -0.461 e. The maximum Gasteiger partial charge on any atom is 0.367 e. The van der Waals surface area contributed by atoms with Gasteiger partial charge in [-0.2, -0.15) is 0 Å². The van der Waals surface area contributed by atoms with Gasteiger partial charge in [0.2, 0.25) is 5.01 Å². The van der Waals surface area contributed by atoms with E-state index in [1.165, 1.54) is 23.5 Å². The van der Waals surface area contributed by atoms with Crippen LogP contribution in [0.3, 0.4) is 0 Å². The highest BCUT2D eigenvalue weighted by molar-refractivity contribution is 9.10. The third-order valence-corrected chi connectivity index (χ3v) is 3.64. The van der Waals surface area contributed by atoms with Crippen molar-refractivity contribution in [2.75, 3.05) is 6.61 Å². The summed E-state index contributed by atoms with van der Waals surface area (Å²) < 4.78 is 18.4. The van der Waals surface area contributed by atoms with Crippen molar-refractivity contribution in [3.63, 3.8) is 0 Å². The molecule has 0 N–H and O–H groups in total. The molecular weight excluding hydrogens is 321 g/mol. The number of hydrogen-bond acceptors (Lipinski definition) is 4. The number of esters is 1. The molecule has 1 heterocycles. The number of benzene rings is 1. The first kappa shape index (κ1) is 13.2. The van der Waals surface area contributed by atoms with E-state index in [-0.39, 0.29) is 5.82 Å². The number of carbonyl (C=O) groups is 1. The number of carbonyl (C=O) groups excluding carboxylic acids is 1. The first-order valence-electron chi connectivity index (χ1n) is 5.20. The van der Waals surface area contributed by atoms with Crippen LogP contribution in [0.15, 0.2) is 28.1 Å². The van der Waals surface area contributed by atoms with Gasteiger partial charge in [-0.15, -0.1) is 11.3 Å². The fourth-order valence-electron chi connectivity index (χ4n) is 1.38. The van der Waals surface area contributed by atoms with E-state index in [9.17, 15) is 9.18 Å². The number of ether oxygens (including phenoxy) is 1. The highest BCUT2D eigenvalue weighted by Crippen LogP contribution is 2.29. The van der Waals surface area contributed by atoms with E-state index in [0.717, 1.165) is 5.56 Å². The van der Waals surface area contributed by atoms with Gasteiger partial charge < -0.3 is 4.74 Å². The lowest BCUT2D eigenvalue weighted by molar-refractivity contribution is 0.0526. The lowest BCUT2D eigenvalue weighted by atomic mass is 10.2. The monoisotopic (exact) mass is 329 g/mol. The largest absolute Gasteiger partial charge is 0.461 e. The van der Waals surface area contributed by atoms with Crippen molar-refractivity contribution in [1.29, 1.82) is 0 Å². The van der Waals surface area contributed by atoms with E-state index in [0.29, 0.717) is 21.8 Å². The van der Waals surface area contributed by atoms with Gasteiger partial charge in [-0.1, -0.05) is 0 Å². The molecule has 1 aromatic carbocycles. The number of nitrogens with zero attached hydrogens (tertiary/aromatic N) is 1. The summed E-state index contributed by atoms with van der Waals surface area (Å²) in [6.45, 7) is 2.05. The Morgan fingerprint density at radius 1 is 1.56 bits per heavy atom. The maximum absolute atomic E-state index is 13.0. The molecule has 0 fully saturated rings. The summed E-state index contributed by atoms with van der Waals surface area (Å²) in [5.41, 5.74) is 1.36. The fourth-order valence-corrected chi connectivity index (χ4v) is 2.64. The highest BCUT2D eigenvalue weighted by Gasteiger charge is 2.14. The molecule has 0 saturated carbocycles. The Hall–Kier alpha value is -1.27. The summed E-state index contributed by atoms with van der Waals surface area (Å²) >= 11 is 4.47. The van der Waals surface area contributed by atoms with Gasteiger partial charge in [0.15, 0.2) is 0 Å². The van der Waals surface area contributed by atoms with Crippen LogP contribution in [-0.2, 0) is 4.74 Å². The lowest BCUT2D eigenvalue weighted by Crippen LogP contribution is -2.03. The zero-order chi connectivity index (χ0) is 13.1.